The summed E-state index contributed by atoms with van der Waals surface area (Å²) in [6.07, 6.45) is 2.13. The summed E-state index contributed by atoms with van der Waals surface area (Å²) in [5, 5.41) is 7.61. The molecule has 0 saturated heterocycles. The molecule has 0 radical (unpaired) electrons. The fourth-order valence-corrected chi connectivity index (χ4v) is 2.27. The summed E-state index contributed by atoms with van der Waals surface area (Å²) in [6.45, 7) is 13.5. The molecule has 19 heavy (non-hydrogen) atoms. The molecule has 0 fully saturated rings. The average molecular weight is 268 g/mol. The van der Waals surface area contributed by atoms with Gasteiger partial charge in [-0.05, 0) is 45.3 Å². The Morgan fingerprint density at radius 1 is 1.21 bits per heavy atom. The Morgan fingerprint density at radius 2 is 1.89 bits per heavy atom. The lowest BCUT2D eigenvalue weighted by atomic mass is 9.98. The topological polar surface area (TPSA) is 54.2 Å². The zero-order chi connectivity index (χ0) is 14.3. The van der Waals surface area contributed by atoms with E-state index in [1.54, 1.807) is 0 Å². The van der Waals surface area contributed by atoms with Crippen LogP contribution in [-0.2, 0) is 0 Å². The van der Waals surface area contributed by atoms with Gasteiger partial charge in [0.2, 0.25) is 5.89 Å². The summed E-state index contributed by atoms with van der Waals surface area (Å²) in [4.78, 5) is 6.66. The van der Waals surface area contributed by atoms with Crippen LogP contribution in [-0.4, -0.2) is 35.8 Å². The lowest BCUT2D eigenvalue weighted by Gasteiger charge is -2.20. The van der Waals surface area contributed by atoms with Crippen LogP contribution >= 0.6 is 0 Å². The van der Waals surface area contributed by atoms with Crippen molar-refractivity contribution in [2.24, 2.45) is 0 Å². The lowest BCUT2D eigenvalue weighted by molar-refractivity contribution is 0.316. The maximum Gasteiger partial charge on any atom is 0.266 e. The monoisotopic (exact) mass is 268 g/mol. The Bertz CT molecular complexity index is 349. The van der Waals surface area contributed by atoms with Gasteiger partial charge in [-0.25, -0.2) is 0 Å². The van der Waals surface area contributed by atoms with E-state index in [1.165, 1.54) is 0 Å². The third-order valence-corrected chi connectivity index (χ3v) is 3.55. The van der Waals surface area contributed by atoms with Gasteiger partial charge in [0.25, 0.3) is 5.95 Å². The first kappa shape index (κ1) is 16.0. The zero-order valence-electron chi connectivity index (χ0n) is 12.9. The Morgan fingerprint density at radius 3 is 2.42 bits per heavy atom. The minimum Gasteiger partial charge on any atom is -0.339 e. The quantitative estimate of drug-likeness (QED) is 0.746. The fraction of sp³-hybridized carbons (Fsp3) is 0.857. The maximum atomic E-state index is 5.46. The highest BCUT2D eigenvalue weighted by molar-refractivity contribution is 5.27. The lowest BCUT2D eigenvalue weighted by Crippen LogP contribution is -2.32. The molecule has 2 atom stereocenters. The van der Waals surface area contributed by atoms with Crippen molar-refractivity contribution in [3.05, 3.63) is 5.89 Å². The number of nitrogens with zero attached hydrogens (tertiary/aromatic N) is 3. The summed E-state index contributed by atoms with van der Waals surface area (Å²) in [5.74, 6) is 1.74. The van der Waals surface area contributed by atoms with E-state index in [9.17, 15) is 0 Å². The second-order valence-electron chi connectivity index (χ2n) is 4.86. The second kappa shape index (κ2) is 8.15. The van der Waals surface area contributed by atoms with Crippen LogP contribution in [0.4, 0.5) is 5.95 Å². The van der Waals surface area contributed by atoms with Crippen molar-refractivity contribution in [3.8, 4) is 0 Å². The van der Waals surface area contributed by atoms with E-state index in [0.717, 1.165) is 38.4 Å². The molecular formula is C14H28N4O. The summed E-state index contributed by atoms with van der Waals surface area (Å²) in [6, 6.07) is 0.356. The van der Waals surface area contributed by atoms with Crippen LogP contribution in [0.2, 0.25) is 0 Å². The molecule has 1 heterocycles. The third kappa shape index (κ3) is 4.20. The van der Waals surface area contributed by atoms with Gasteiger partial charge in [0.1, 0.15) is 0 Å². The van der Waals surface area contributed by atoms with Crippen LogP contribution in [0.25, 0.3) is 0 Å². The van der Waals surface area contributed by atoms with Gasteiger partial charge >= 0.3 is 0 Å². The zero-order valence-corrected chi connectivity index (χ0v) is 12.9. The minimum atomic E-state index is 0.281. The highest BCUT2D eigenvalue weighted by Gasteiger charge is 2.24. The van der Waals surface area contributed by atoms with Gasteiger partial charge in [0.15, 0.2) is 0 Å². The van der Waals surface area contributed by atoms with Crippen molar-refractivity contribution in [2.45, 2.75) is 59.4 Å². The second-order valence-corrected chi connectivity index (χ2v) is 4.86. The maximum absolute atomic E-state index is 5.46. The third-order valence-electron chi connectivity index (χ3n) is 3.55. The fourth-order valence-electron chi connectivity index (χ4n) is 2.27. The van der Waals surface area contributed by atoms with Crippen molar-refractivity contribution in [1.82, 2.24) is 15.5 Å². The summed E-state index contributed by atoms with van der Waals surface area (Å²) >= 11 is 0. The number of hydrogen-bond acceptors (Lipinski definition) is 5. The van der Waals surface area contributed by atoms with Gasteiger partial charge in [-0.3, -0.25) is 0 Å². The van der Waals surface area contributed by atoms with Crippen molar-refractivity contribution >= 4 is 5.95 Å². The first-order valence-electron chi connectivity index (χ1n) is 7.49. The van der Waals surface area contributed by atoms with Crippen LogP contribution in [0.3, 0.4) is 0 Å². The molecule has 0 aliphatic carbocycles. The summed E-state index contributed by atoms with van der Waals surface area (Å²) < 4.78 is 5.46. The highest BCUT2D eigenvalue weighted by Crippen LogP contribution is 2.23. The molecule has 0 aliphatic heterocycles. The number of hydrogen-bond donors (Lipinski definition) is 1. The van der Waals surface area contributed by atoms with Crippen molar-refractivity contribution in [1.29, 1.82) is 0 Å². The molecule has 0 bridgehead atoms. The van der Waals surface area contributed by atoms with Crippen LogP contribution < -0.4 is 10.2 Å². The smallest absolute Gasteiger partial charge is 0.266 e. The van der Waals surface area contributed by atoms with Gasteiger partial charge in [-0.15, -0.1) is 0 Å². The SMILES string of the molecule is CCCNC(C)C(CC)c1nc(N(CC)CC)no1. The van der Waals surface area contributed by atoms with E-state index in [4.69, 9.17) is 4.52 Å². The van der Waals surface area contributed by atoms with Crippen LogP contribution in [0.1, 0.15) is 59.3 Å². The molecule has 2 unspecified atom stereocenters. The molecule has 110 valence electrons. The molecule has 5 heteroatoms. The molecule has 0 aliphatic rings. The van der Waals surface area contributed by atoms with Gasteiger partial charge < -0.3 is 14.7 Å². The van der Waals surface area contributed by atoms with Crippen LogP contribution in [0.5, 0.6) is 0 Å². The van der Waals surface area contributed by atoms with Gasteiger partial charge in [0, 0.05) is 19.1 Å². The summed E-state index contributed by atoms with van der Waals surface area (Å²) in [7, 11) is 0. The Hall–Kier alpha value is -1.10. The minimum absolute atomic E-state index is 0.281. The molecule has 0 spiro atoms. The Balaban J connectivity index is 2.76. The number of nitrogens with one attached hydrogen (secondary N) is 1. The average Bonchev–Trinajstić information content (AvgIpc) is 2.88. The van der Waals surface area contributed by atoms with Crippen molar-refractivity contribution in [2.75, 3.05) is 24.5 Å². The molecule has 0 aromatic carbocycles. The van der Waals surface area contributed by atoms with Gasteiger partial charge in [-0.2, -0.15) is 4.98 Å². The largest absolute Gasteiger partial charge is 0.339 e. The van der Waals surface area contributed by atoms with E-state index in [1.807, 2.05) is 0 Å². The van der Waals surface area contributed by atoms with E-state index in [0.29, 0.717) is 12.0 Å². The van der Waals surface area contributed by atoms with E-state index in [-0.39, 0.29) is 5.92 Å². The van der Waals surface area contributed by atoms with E-state index < -0.39 is 0 Å². The number of rotatable bonds is 9. The first-order chi connectivity index (χ1) is 9.17. The van der Waals surface area contributed by atoms with Crippen molar-refractivity contribution in [3.63, 3.8) is 0 Å². The van der Waals surface area contributed by atoms with Crippen LogP contribution in [0.15, 0.2) is 4.52 Å². The molecule has 1 aromatic heterocycles. The first-order valence-corrected chi connectivity index (χ1v) is 7.49. The van der Waals surface area contributed by atoms with Gasteiger partial charge in [-0.1, -0.05) is 13.8 Å². The number of aromatic nitrogens is 2. The molecule has 0 saturated carbocycles. The Kier molecular flexibility index (Phi) is 6.84. The van der Waals surface area contributed by atoms with E-state index >= 15 is 0 Å². The molecule has 5 nitrogen and oxygen atoms in total. The predicted octanol–water partition coefficient (Wildman–Crippen LogP) is 2.80. The normalized spacial score (nSPS) is 14.4. The molecule has 1 rings (SSSR count). The van der Waals surface area contributed by atoms with E-state index in [2.05, 4.69) is 55.0 Å². The molecular weight excluding hydrogens is 240 g/mol. The van der Waals surface area contributed by atoms with Crippen molar-refractivity contribution < 1.29 is 4.52 Å². The molecule has 0 amide bonds. The predicted molar refractivity (Wildman–Crippen MR) is 78.6 cm³/mol. The standard InChI is InChI=1S/C14H28N4O/c1-6-10-15-11(5)12(7-2)13-16-14(17-19-13)18(8-3)9-4/h11-12,15H,6-10H2,1-5H3. The highest BCUT2D eigenvalue weighted by atomic mass is 16.5. The summed E-state index contributed by atoms with van der Waals surface area (Å²) in [5.41, 5.74) is 0. The number of anilines is 1. The molecule has 1 N–H and O–H groups in total. The van der Waals surface area contributed by atoms with Crippen LogP contribution in [0, 0.1) is 0 Å². The Labute approximate surface area is 116 Å². The molecule has 1 aromatic rings. The van der Waals surface area contributed by atoms with Gasteiger partial charge in [0.05, 0.1) is 5.92 Å².